The second kappa shape index (κ2) is 6.87. The predicted molar refractivity (Wildman–Crippen MR) is 102 cm³/mol. The molecule has 1 aliphatic rings. The third kappa shape index (κ3) is 3.26. The molecule has 0 amide bonds. The van der Waals surface area contributed by atoms with E-state index < -0.39 is 0 Å². The summed E-state index contributed by atoms with van der Waals surface area (Å²) in [6.07, 6.45) is 6.10. The van der Waals surface area contributed by atoms with Crippen molar-refractivity contribution in [1.29, 1.82) is 5.26 Å². The van der Waals surface area contributed by atoms with E-state index in [0.29, 0.717) is 10.8 Å². The first-order valence-electron chi connectivity index (χ1n) is 8.19. The van der Waals surface area contributed by atoms with Crippen LogP contribution in [0.1, 0.15) is 34.6 Å². The van der Waals surface area contributed by atoms with Gasteiger partial charge in [-0.2, -0.15) is 5.26 Å². The second-order valence-corrected chi connectivity index (χ2v) is 7.49. The zero-order chi connectivity index (χ0) is 17.2. The Morgan fingerprint density at radius 3 is 2.72 bits per heavy atom. The Morgan fingerprint density at radius 2 is 1.92 bits per heavy atom. The molecule has 0 fully saturated rings. The van der Waals surface area contributed by atoms with Crippen LogP contribution in [0, 0.1) is 11.3 Å². The van der Waals surface area contributed by atoms with E-state index in [4.69, 9.17) is 16.0 Å². The standard InChI is InChI=1S/C20H15ClN2OS/c21-14-7-5-13(6-8-14)18-10-9-15(24-18)12-23-20-17(11-22)16-3-1-2-4-19(16)25-20/h5-10,12H,1-4H2. The molecular weight excluding hydrogens is 352 g/mol. The number of aryl methyl sites for hydroxylation is 1. The fraction of sp³-hybridized carbons (Fsp3) is 0.200. The third-order valence-electron chi connectivity index (χ3n) is 4.33. The molecule has 0 unspecified atom stereocenters. The maximum Gasteiger partial charge on any atom is 0.145 e. The van der Waals surface area contributed by atoms with Crippen LogP contribution in [0.3, 0.4) is 0 Å². The summed E-state index contributed by atoms with van der Waals surface area (Å²) in [5.41, 5.74) is 2.90. The number of hydrogen-bond donors (Lipinski definition) is 0. The molecule has 0 bridgehead atoms. The van der Waals surface area contributed by atoms with Gasteiger partial charge in [0.05, 0.1) is 11.8 Å². The molecule has 124 valence electrons. The van der Waals surface area contributed by atoms with E-state index in [-0.39, 0.29) is 0 Å². The van der Waals surface area contributed by atoms with Crippen molar-refractivity contribution in [2.45, 2.75) is 25.7 Å². The number of benzene rings is 1. The van der Waals surface area contributed by atoms with Crippen molar-refractivity contribution in [3.8, 4) is 17.4 Å². The van der Waals surface area contributed by atoms with E-state index in [2.05, 4.69) is 11.1 Å². The van der Waals surface area contributed by atoms with E-state index in [9.17, 15) is 5.26 Å². The molecule has 0 atom stereocenters. The van der Waals surface area contributed by atoms with Crippen LogP contribution in [0.25, 0.3) is 11.3 Å². The molecule has 0 saturated heterocycles. The first kappa shape index (κ1) is 16.1. The van der Waals surface area contributed by atoms with Gasteiger partial charge in [0.2, 0.25) is 0 Å². The van der Waals surface area contributed by atoms with Gasteiger partial charge in [0.15, 0.2) is 0 Å². The Bertz CT molecular complexity index is 976. The highest BCUT2D eigenvalue weighted by molar-refractivity contribution is 7.16. The van der Waals surface area contributed by atoms with Gasteiger partial charge < -0.3 is 4.42 Å². The summed E-state index contributed by atoms with van der Waals surface area (Å²) in [6, 6.07) is 13.6. The summed E-state index contributed by atoms with van der Waals surface area (Å²) in [6.45, 7) is 0. The lowest BCUT2D eigenvalue weighted by atomic mass is 9.96. The highest BCUT2D eigenvalue weighted by atomic mass is 35.5. The van der Waals surface area contributed by atoms with Crippen molar-refractivity contribution in [1.82, 2.24) is 0 Å². The van der Waals surface area contributed by atoms with Crippen LogP contribution in [-0.4, -0.2) is 6.21 Å². The SMILES string of the molecule is N#Cc1c(N=Cc2ccc(-c3ccc(Cl)cc3)o2)sc2c1CCCC2. The predicted octanol–water partition coefficient (Wildman–Crippen LogP) is 6.16. The van der Waals surface area contributed by atoms with Gasteiger partial charge in [-0.15, -0.1) is 11.3 Å². The Morgan fingerprint density at radius 1 is 1.12 bits per heavy atom. The van der Waals surface area contributed by atoms with E-state index in [1.165, 1.54) is 16.9 Å². The molecule has 3 nitrogen and oxygen atoms in total. The lowest BCUT2D eigenvalue weighted by Crippen LogP contribution is -1.99. The summed E-state index contributed by atoms with van der Waals surface area (Å²) in [5.74, 6) is 1.43. The van der Waals surface area contributed by atoms with Gasteiger partial charge in [-0.3, -0.25) is 0 Å². The Kier molecular flexibility index (Phi) is 4.44. The average Bonchev–Trinajstić information content (AvgIpc) is 3.24. The van der Waals surface area contributed by atoms with Gasteiger partial charge in [-0.25, -0.2) is 4.99 Å². The highest BCUT2D eigenvalue weighted by Gasteiger charge is 2.20. The Labute approximate surface area is 155 Å². The average molecular weight is 367 g/mol. The van der Waals surface area contributed by atoms with E-state index in [1.807, 2.05) is 36.4 Å². The zero-order valence-corrected chi connectivity index (χ0v) is 15.0. The number of fused-ring (bicyclic) bond motifs is 1. The fourth-order valence-corrected chi connectivity index (χ4v) is 4.38. The molecule has 1 aliphatic carbocycles. The van der Waals surface area contributed by atoms with Gasteiger partial charge >= 0.3 is 0 Å². The molecule has 5 heteroatoms. The molecule has 2 heterocycles. The molecule has 4 rings (SSSR count). The first-order chi connectivity index (χ1) is 12.2. The van der Waals surface area contributed by atoms with Crippen LogP contribution in [0.4, 0.5) is 5.00 Å². The molecule has 0 radical (unpaired) electrons. The van der Waals surface area contributed by atoms with Crippen LogP contribution in [-0.2, 0) is 12.8 Å². The third-order valence-corrected chi connectivity index (χ3v) is 5.78. The lowest BCUT2D eigenvalue weighted by Gasteiger charge is -2.09. The normalized spacial score (nSPS) is 13.8. The smallest absolute Gasteiger partial charge is 0.145 e. The number of furan rings is 1. The van der Waals surface area contributed by atoms with E-state index >= 15 is 0 Å². The van der Waals surface area contributed by atoms with Crippen molar-refractivity contribution in [3.63, 3.8) is 0 Å². The number of thiophene rings is 1. The summed E-state index contributed by atoms with van der Waals surface area (Å²) in [5, 5.41) is 11.0. The molecule has 2 aromatic heterocycles. The number of hydrogen-bond acceptors (Lipinski definition) is 4. The van der Waals surface area contributed by atoms with Gasteiger partial charge in [0, 0.05) is 15.5 Å². The van der Waals surface area contributed by atoms with Crippen LogP contribution in [0.5, 0.6) is 0 Å². The van der Waals surface area contributed by atoms with Crippen molar-refractivity contribution < 1.29 is 4.42 Å². The summed E-state index contributed by atoms with van der Waals surface area (Å²) in [7, 11) is 0. The van der Waals surface area contributed by atoms with Crippen molar-refractivity contribution in [2.24, 2.45) is 4.99 Å². The minimum atomic E-state index is 0.667. The number of nitrogens with zero attached hydrogens (tertiary/aromatic N) is 2. The van der Waals surface area contributed by atoms with Gasteiger partial charge in [-0.05, 0) is 67.6 Å². The first-order valence-corrected chi connectivity index (χ1v) is 9.38. The molecule has 0 spiro atoms. The zero-order valence-electron chi connectivity index (χ0n) is 13.5. The molecule has 25 heavy (non-hydrogen) atoms. The van der Waals surface area contributed by atoms with Crippen molar-refractivity contribution >= 4 is 34.2 Å². The summed E-state index contributed by atoms with van der Waals surface area (Å²) in [4.78, 5) is 5.85. The molecule has 0 aliphatic heterocycles. The fourth-order valence-electron chi connectivity index (χ4n) is 3.07. The maximum atomic E-state index is 9.48. The largest absolute Gasteiger partial charge is 0.455 e. The van der Waals surface area contributed by atoms with Crippen LogP contribution < -0.4 is 0 Å². The van der Waals surface area contributed by atoms with Crippen molar-refractivity contribution in [3.05, 3.63) is 63.2 Å². The highest BCUT2D eigenvalue weighted by Crippen LogP contribution is 2.39. The number of aliphatic imine (C=N–C) groups is 1. The number of nitriles is 1. The minimum Gasteiger partial charge on any atom is -0.455 e. The Balaban J connectivity index is 1.60. The van der Waals surface area contributed by atoms with Crippen LogP contribution >= 0.6 is 22.9 Å². The molecule has 1 aromatic carbocycles. The quantitative estimate of drug-likeness (QED) is 0.521. The van der Waals surface area contributed by atoms with Crippen molar-refractivity contribution in [2.75, 3.05) is 0 Å². The lowest BCUT2D eigenvalue weighted by molar-refractivity contribution is 0.575. The summed E-state index contributed by atoms with van der Waals surface area (Å²) < 4.78 is 5.84. The molecule has 0 saturated carbocycles. The Hall–Kier alpha value is -2.35. The van der Waals surface area contributed by atoms with Gasteiger partial charge in [0.25, 0.3) is 0 Å². The molecule has 0 N–H and O–H groups in total. The molecule has 3 aromatic rings. The van der Waals surface area contributed by atoms with Crippen LogP contribution in [0.15, 0.2) is 45.8 Å². The van der Waals surface area contributed by atoms with Crippen LogP contribution in [0.2, 0.25) is 5.02 Å². The number of halogens is 1. The van der Waals surface area contributed by atoms with Gasteiger partial charge in [-0.1, -0.05) is 11.6 Å². The van der Waals surface area contributed by atoms with E-state index in [1.54, 1.807) is 17.6 Å². The molecular formula is C20H15ClN2OS. The van der Waals surface area contributed by atoms with E-state index in [0.717, 1.165) is 41.2 Å². The van der Waals surface area contributed by atoms with Gasteiger partial charge in [0.1, 0.15) is 22.6 Å². The topological polar surface area (TPSA) is 49.3 Å². The second-order valence-electron chi connectivity index (χ2n) is 5.97. The minimum absolute atomic E-state index is 0.667. The number of rotatable bonds is 3. The monoisotopic (exact) mass is 366 g/mol. The summed E-state index contributed by atoms with van der Waals surface area (Å²) >= 11 is 7.55. The maximum absolute atomic E-state index is 9.48.